The molecule has 0 aliphatic heterocycles. The molecule has 17 heavy (non-hydrogen) atoms. The zero-order valence-corrected chi connectivity index (χ0v) is 9.98. The third kappa shape index (κ3) is 4.19. The second kappa shape index (κ2) is 5.82. The highest BCUT2D eigenvalue weighted by Crippen LogP contribution is 2.31. The zero-order chi connectivity index (χ0) is 12.1. The molecule has 1 aliphatic rings. The van der Waals surface area contributed by atoms with Crippen molar-refractivity contribution in [2.24, 2.45) is 5.92 Å². The minimum Gasteiger partial charge on any atom is -0.481 e. The molecule has 1 aromatic rings. The van der Waals surface area contributed by atoms with Crippen LogP contribution in [0, 0.1) is 5.92 Å². The summed E-state index contributed by atoms with van der Waals surface area (Å²) in [6.07, 6.45) is 4.14. The molecule has 92 valence electrons. The smallest absolute Gasteiger partial charge is 0.307 e. The van der Waals surface area contributed by atoms with Crippen molar-refractivity contribution in [1.29, 1.82) is 0 Å². The van der Waals surface area contributed by atoms with Gasteiger partial charge < -0.3 is 10.4 Å². The molecule has 0 radical (unpaired) electrons. The third-order valence-electron chi connectivity index (χ3n) is 3.20. The number of nitrogens with one attached hydrogen (secondary N) is 1. The Balaban J connectivity index is 1.82. The Morgan fingerprint density at radius 1 is 1.29 bits per heavy atom. The van der Waals surface area contributed by atoms with Crippen LogP contribution in [0.5, 0.6) is 0 Å². The van der Waals surface area contributed by atoms with E-state index in [1.165, 1.54) is 19.3 Å². The number of carbonyl (C=O) groups is 1. The highest BCUT2D eigenvalue weighted by atomic mass is 16.4. The van der Waals surface area contributed by atoms with Gasteiger partial charge in [0.25, 0.3) is 0 Å². The normalized spacial score (nSPS) is 14.8. The molecule has 3 nitrogen and oxygen atoms in total. The summed E-state index contributed by atoms with van der Waals surface area (Å²) in [6.45, 7) is 1.81. The molecule has 2 N–H and O–H groups in total. The Morgan fingerprint density at radius 3 is 2.65 bits per heavy atom. The van der Waals surface area contributed by atoms with Gasteiger partial charge in [-0.1, -0.05) is 37.1 Å². The van der Waals surface area contributed by atoms with Gasteiger partial charge in [-0.3, -0.25) is 4.79 Å². The van der Waals surface area contributed by atoms with Gasteiger partial charge in [0.05, 0.1) is 6.42 Å². The lowest BCUT2D eigenvalue weighted by atomic mass is 10.0. The number of benzene rings is 1. The van der Waals surface area contributed by atoms with Gasteiger partial charge in [-0.2, -0.15) is 0 Å². The number of rotatable bonds is 7. The number of carboxylic acid groups (broad SMARTS) is 1. The Bertz CT molecular complexity index is 386. The van der Waals surface area contributed by atoms with Crippen LogP contribution in [0.4, 0.5) is 0 Å². The van der Waals surface area contributed by atoms with Crippen LogP contribution in [0.3, 0.4) is 0 Å². The topological polar surface area (TPSA) is 49.3 Å². The Labute approximate surface area is 102 Å². The summed E-state index contributed by atoms with van der Waals surface area (Å²) in [6, 6.07) is 7.75. The maximum atomic E-state index is 10.7. The summed E-state index contributed by atoms with van der Waals surface area (Å²) in [5.74, 6) is 0.173. The van der Waals surface area contributed by atoms with Crippen molar-refractivity contribution < 1.29 is 9.90 Å². The quantitative estimate of drug-likeness (QED) is 0.710. The first kappa shape index (κ1) is 12.1. The fourth-order valence-electron chi connectivity index (χ4n) is 2.00. The minimum absolute atomic E-state index is 0.112. The molecule has 2 rings (SSSR count). The van der Waals surface area contributed by atoms with Crippen LogP contribution < -0.4 is 5.32 Å². The van der Waals surface area contributed by atoms with Crippen LogP contribution in [-0.2, 0) is 17.8 Å². The molecule has 1 aromatic carbocycles. The highest BCUT2D eigenvalue weighted by Gasteiger charge is 2.19. The second-order valence-electron chi connectivity index (χ2n) is 4.75. The van der Waals surface area contributed by atoms with Crippen LogP contribution in [-0.4, -0.2) is 17.6 Å². The van der Waals surface area contributed by atoms with E-state index in [0.29, 0.717) is 0 Å². The number of carboxylic acids is 1. The van der Waals surface area contributed by atoms with Crippen molar-refractivity contribution in [3.63, 3.8) is 0 Å². The maximum absolute atomic E-state index is 10.7. The summed E-state index contributed by atoms with van der Waals surface area (Å²) < 4.78 is 0. The van der Waals surface area contributed by atoms with E-state index >= 15 is 0 Å². The first-order chi connectivity index (χ1) is 8.25. The van der Waals surface area contributed by atoms with Gasteiger partial charge in [-0.05, 0) is 30.0 Å². The molecule has 1 aliphatic carbocycles. The molecule has 0 heterocycles. The Kier molecular flexibility index (Phi) is 4.15. The van der Waals surface area contributed by atoms with Crippen molar-refractivity contribution in [3.05, 3.63) is 35.4 Å². The lowest BCUT2D eigenvalue weighted by Gasteiger charge is -2.08. The summed E-state index contributed by atoms with van der Waals surface area (Å²) in [5.41, 5.74) is 2.02. The van der Waals surface area contributed by atoms with Gasteiger partial charge in [-0.25, -0.2) is 0 Å². The predicted molar refractivity (Wildman–Crippen MR) is 66.8 cm³/mol. The SMILES string of the molecule is O=C(O)Cc1ccccc1CNCCC1CC1. The van der Waals surface area contributed by atoms with Gasteiger partial charge >= 0.3 is 5.97 Å². The van der Waals surface area contributed by atoms with Crippen molar-refractivity contribution in [1.82, 2.24) is 5.32 Å². The minimum atomic E-state index is -0.768. The standard InChI is InChI=1S/C14H19NO2/c16-14(17)9-12-3-1-2-4-13(12)10-15-8-7-11-5-6-11/h1-4,11,15H,5-10H2,(H,16,17). The van der Waals surface area contributed by atoms with E-state index in [0.717, 1.165) is 30.1 Å². The van der Waals surface area contributed by atoms with Crippen LogP contribution >= 0.6 is 0 Å². The fourth-order valence-corrected chi connectivity index (χ4v) is 2.00. The van der Waals surface area contributed by atoms with Gasteiger partial charge in [0.2, 0.25) is 0 Å². The van der Waals surface area contributed by atoms with Crippen LogP contribution in [0.25, 0.3) is 0 Å². The Hall–Kier alpha value is -1.35. The van der Waals surface area contributed by atoms with E-state index in [9.17, 15) is 4.79 Å². The van der Waals surface area contributed by atoms with Crippen LogP contribution in [0.2, 0.25) is 0 Å². The molecule has 1 saturated carbocycles. The average Bonchev–Trinajstić information content (AvgIpc) is 3.09. The van der Waals surface area contributed by atoms with E-state index in [2.05, 4.69) is 5.32 Å². The largest absolute Gasteiger partial charge is 0.481 e. The highest BCUT2D eigenvalue weighted by molar-refractivity contribution is 5.70. The summed E-state index contributed by atoms with van der Waals surface area (Å²) in [5, 5.41) is 12.2. The zero-order valence-electron chi connectivity index (χ0n) is 9.98. The van der Waals surface area contributed by atoms with Gasteiger partial charge in [0.1, 0.15) is 0 Å². The van der Waals surface area contributed by atoms with Crippen molar-refractivity contribution in [2.45, 2.75) is 32.2 Å². The molecular formula is C14H19NO2. The molecule has 0 bridgehead atoms. The lowest BCUT2D eigenvalue weighted by Crippen LogP contribution is -2.17. The molecule has 0 saturated heterocycles. The first-order valence-corrected chi connectivity index (χ1v) is 6.25. The number of hydrogen-bond acceptors (Lipinski definition) is 2. The van der Waals surface area contributed by atoms with Gasteiger partial charge in [0, 0.05) is 6.54 Å². The van der Waals surface area contributed by atoms with Crippen molar-refractivity contribution >= 4 is 5.97 Å². The van der Waals surface area contributed by atoms with E-state index in [1.54, 1.807) is 0 Å². The van der Waals surface area contributed by atoms with E-state index in [1.807, 2.05) is 24.3 Å². The molecule has 3 heteroatoms. The van der Waals surface area contributed by atoms with Crippen molar-refractivity contribution in [2.75, 3.05) is 6.54 Å². The fraction of sp³-hybridized carbons (Fsp3) is 0.500. The monoisotopic (exact) mass is 233 g/mol. The van der Waals surface area contributed by atoms with E-state index in [4.69, 9.17) is 5.11 Å². The summed E-state index contributed by atoms with van der Waals surface area (Å²) in [4.78, 5) is 10.7. The average molecular weight is 233 g/mol. The molecule has 0 atom stereocenters. The lowest BCUT2D eigenvalue weighted by molar-refractivity contribution is -0.136. The van der Waals surface area contributed by atoms with Crippen molar-refractivity contribution in [3.8, 4) is 0 Å². The number of hydrogen-bond donors (Lipinski definition) is 2. The molecule has 0 unspecified atom stereocenters. The first-order valence-electron chi connectivity index (χ1n) is 6.25. The van der Waals surface area contributed by atoms with Crippen LogP contribution in [0.15, 0.2) is 24.3 Å². The van der Waals surface area contributed by atoms with Crippen LogP contribution in [0.1, 0.15) is 30.4 Å². The maximum Gasteiger partial charge on any atom is 0.307 e. The second-order valence-corrected chi connectivity index (χ2v) is 4.75. The van der Waals surface area contributed by atoms with E-state index < -0.39 is 5.97 Å². The van der Waals surface area contributed by atoms with Gasteiger partial charge in [0.15, 0.2) is 0 Å². The van der Waals surface area contributed by atoms with Gasteiger partial charge in [-0.15, -0.1) is 0 Å². The Morgan fingerprint density at radius 2 is 2.00 bits per heavy atom. The predicted octanol–water partition coefficient (Wildman–Crippen LogP) is 2.20. The molecule has 0 aromatic heterocycles. The molecule has 1 fully saturated rings. The third-order valence-corrected chi connectivity index (χ3v) is 3.20. The molecular weight excluding hydrogens is 214 g/mol. The number of aliphatic carboxylic acids is 1. The molecule has 0 spiro atoms. The molecule has 0 amide bonds. The van der Waals surface area contributed by atoms with E-state index in [-0.39, 0.29) is 6.42 Å². The summed E-state index contributed by atoms with van der Waals surface area (Å²) in [7, 11) is 0. The summed E-state index contributed by atoms with van der Waals surface area (Å²) >= 11 is 0.